The second-order valence-corrected chi connectivity index (χ2v) is 5.22. The Balaban J connectivity index is 2.55. The van der Waals surface area contributed by atoms with Gasteiger partial charge in [0.15, 0.2) is 5.78 Å². The summed E-state index contributed by atoms with van der Waals surface area (Å²) in [6, 6.07) is 8.07. The molecule has 0 fully saturated rings. The molecular weight excluding hydrogens is 238 g/mol. The molecule has 0 aromatic heterocycles. The third-order valence-electron chi connectivity index (χ3n) is 3.72. The Kier molecular flexibility index (Phi) is 6.03. The highest BCUT2D eigenvalue weighted by Gasteiger charge is 2.24. The van der Waals surface area contributed by atoms with E-state index < -0.39 is 0 Å². The standard InChI is InChI=1S/C16H26NO2/c1-5-17(6-2,13-15(4)18)10-11-19-16-9-7-8-14(3)12-16/h7-9,12H,5-6,10-11,13H2,1-4H3/q+1. The quantitative estimate of drug-likeness (QED) is 0.675. The van der Waals surface area contributed by atoms with Crippen LogP contribution >= 0.6 is 0 Å². The molecule has 0 amide bonds. The Morgan fingerprint density at radius 1 is 1.26 bits per heavy atom. The van der Waals surface area contributed by atoms with Crippen molar-refractivity contribution in [3.8, 4) is 5.75 Å². The molecule has 0 saturated heterocycles. The highest BCUT2D eigenvalue weighted by atomic mass is 16.5. The van der Waals surface area contributed by atoms with Crippen molar-refractivity contribution in [1.29, 1.82) is 0 Å². The van der Waals surface area contributed by atoms with Crippen LogP contribution < -0.4 is 4.74 Å². The van der Waals surface area contributed by atoms with Crippen LogP contribution in [0.3, 0.4) is 0 Å². The van der Waals surface area contributed by atoms with E-state index in [1.165, 1.54) is 5.56 Å². The predicted molar refractivity (Wildman–Crippen MR) is 78.4 cm³/mol. The lowest BCUT2D eigenvalue weighted by atomic mass is 10.2. The van der Waals surface area contributed by atoms with E-state index in [1.807, 2.05) is 18.2 Å². The van der Waals surface area contributed by atoms with Gasteiger partial charge >= 0.3 is 0 Å². The Labute approximate surface area is 116 Å². The van der Waals surface area contributed by atoms with Gasteiger partial charge in [-0.2, -0.15) is 0 Å². The zero-order valence-corrected chi connectivity index (χ0v) is 12.6. The van der Waals surface area contributed by atoms with Gasteiger partial charge in [-0.3, -0.25) is 4.79 Å². The number of nitrogens with zero attached hydrogens (tertiary/aromatic N) is 1. The summed E-state index contributed by atoms with van der Waals surface area (Å²) in [6.45, 7) is 12.1. The summed E-state index contributed by atoms with van der Waals surface area (Å²) >= 11 is 0. The van der Waals surface area contributed by atoms with Gasteiger partial charge in [-0.1, -0.05) is 12.1 Å². The molecule has 3 heteroatoms. The third-order valence-corrected chi connectivity index (χ3v) is 3.72. The lowest BCUT2D eigenvalue weighted by molar-refractivity contribution is -0.917. The summed E-state index contributed by atoms with van der Waals surface area (Å²) in [5.41, 5.74) is 1.20. The van der Waals surface area contributed by atoms with Crippen LogP contribution in [0.2, 0.25) is 0 Å². The topological polar surface area (TPSA) is 26.3 Å². The van der Waals surface area contributed by atoms with Crippen molar-refractivity contribution in [2.45, 2.75) is 27.7 Å². The highest BCUT2D eigenvalue weighted by Crippen LogP contribution is 2.13. The number of ketones is 1. The second kappa shape index (κ2) is 7.29. The molecule has 3 nitrogen and oxygen atoms in total. The number of hydrogen-bond acceptors (Lipinski definition) is 2. The molecule has 0 aliphatic rings. The van der Waals surface area contributed by atoms with Crippen molar-refractivity contribution in [3.63, 3.8) is 0 Å². The molecule has 1 aromatic carbocycles. The molecule has 19 heavy (non-hydrogen) atoms. The molecule has 0 spiro atoms. The van der Waals surface area contributed by atoms with Crippen LogP contribution in [0.15, 0.2) is 24.3 Å². The number of likely N-dealkylation sites (N-methyl/N-ethyl adjacent to an activating group) is 1. The van der Waals surface area contributed by atoms with Crippen LogP contribution in [0.1, 0.15) is 26.3 Å². The van der Waals surface area contributed by atoms with Crippen molar-refractivity contribution < 1.29 is 14.0 Å². The number of quaternary nitrogens is 1. The van der Waals surface area contributed by atoms with Gasteiger partial charge in [0.1, 0.15) is 25.4 Å². The number of carbonyl (C=O) groups excluding carboxylic acids is 1. The van der Waals surface area contributed by atoms with Gasteiger partial charge < -0.3 is 9.22 Å². The van der Waals surface area contributed by atoms with Crippen molar-refractivity contribution in [3.05, 3.63) is 29.8 Å². The number of rotatable bonds is 8. The molecule has 0 saturated carbocycles. The molecule has 1 aromatic rings. The minimum atomic E-state index is 0.249. The summed E-state index contributed by atoms with van der Waals surface area (Å²) in [6.07, 6.45) is 0. The van der Waals surface area contributed by atoms with Crippen LogP contribution in [-0.4, -0.2) is 43.1 Å². The molecule has 0 unspecified atom stereocenters. The van der Waals surface area contributed by atoms with E-state index >= 15 is 0 Å². The van der Waals surface area contributed by atoms with E-state index in [4.69, 9.17) is 4.74 Å². The van der Waals surface area contributed by atoms with Crippen LogP contribution in [-0.2, 0) is 4.79 Å². The van der Waals surface area contributed by atoms with Crippen molar-refractivity contribution in [2.24, 2.45) is 0 Å². The minimum Gasteiger partial charge on any atom is -0.488 e. The second-order valence-electron chi connectivity index (χ2n) is 5.22. The first kappa shape index (κ1) is 15.7. The summed E-state index contributed by atoms with van der Waals surface area (Å²) in [4.78, 5) is 11.4. The number of hydrogen-bond donors (Lipinski definition) is 0. The zero-order chi connectivity index (χ0) is 14.3. The monoisotopic (exact) mass is 264 g/mol. The predicted octanol–water partition coefficient (Wildman–Crippen LogP) is 2.82. The molecule has 0 bridgehead atoms. The first-order chi connectivity index (χ1) is 9.01. The fourth-order valence-electron chi connectivity index (χ4n) is 2.38. The fraction of sp³-hybridized carbons (Fsp3) is 0.562. The maximum absolute atomic E-state index is 11.4. The average molecular weight is 264 g/mol. The van der Waals surface area contributed by atoms with Crippen molar-refractivity contribution >= 4 is 5.78 Å². The molecule has 0 atom stereocenters. The van der Waals surface area contributed by atoms with E-state index in [9.17, 15) is 4.79 Å². The fourth-order valence-corrected chi connectivity index (χ4v) is 2.38. The number of aryl methyl sites for hydroxylation is 1. The molecule has 0 N–H and O–H groups in total. The first-order valence-electron chi connectivity index (χ1n) is 7.05. The Morgan fingerprint density at radius 3 is 2.47 bits per heavy atom. The Morgan fingerprint density at radius 2 is 1.95 bits per heavy atom. The van der Waals surface area contributed by atoms with Crippen LogP contribution in [0.25, 0.3) is 0 Å². The van der Waals surface area contributed by atoms with E-state index in [2.05, 4.69) is 26.8 Å². The van der Waals surface area contributed by atoms with Gasteiger partial charge in [-0.25, -0.2) is 0 Å². The molecule has 106 valence electrons. The van der Waals surface area contributed by atoms with E-state index in [0.717, 1.165) is 29.9 Å². The largest absolute Gasteiger partial charge is 0.488 e. The normalized spacial score (nSPS) is 11.4. The number of ether oxygens (including phenoxy) is 1. The lowest BCUT2D eigenvalue weighted by Gasteiger charge is -2.35. The van der Waals surface area contributed by atoms with Gasteiger partial charge in [-0.15, -0.1) is 0 Å². The maximum Gasteiger partial charge on any atom is 0.183 e. The Bertz CT molecular complexity index is 411. The van der Waals surface area contributed by atoms with E-state index in [0.29, 0.717) is 13.2 Å². The summed E-state index contributed by atoms with van der Waals surface area (Å²) in [5, 5.41) is 0. The maximum atomic E-state index is 11.4. The van der Waals surface area contributed by atoms with Gasteiger partial charge in [0, 0.05) is 6.92 Å². The van der Waals surface area contributed by atoms with Gasteiger partial charge in [0.25, 0.3) is 0 Å². The van der Waals surface area contributed by atoms with Gasteiger partial charge in [0.2, 0.25) is 0 Å². The molecular formula is C16H26NO2+. The molecule has 0 radical (unpaired) electrons. The summed E-state index contributed by atoms with van der Waals surface area (Å²) in [7, 11) is 0. The average Bonchev–Trinajstić information content (AvgIpc) is 2.37. The lowest BCUT2D eigenvalue weighted by Crippen LogP contribution is -2.52. The number of Topliss-reactive ketones (excluding diaryl/α,β-unsaturated/α-hetero) is 1. The van der Waals surface area contributed by atoms with E-state index in [1.54, 1.807) is 6.92 Å². The molecule has 0 heterocycles. The summed E-state index contributed by atoms with van der Waals surface area (Å²) < 4.78 is 6.61. The smallest absolute Gasteiger partial charge is 0.183 e. The molecule has 1 rings (SSSR count). The highest BCUT2D eigenvalue weighted by molar-refractivity contribution is 5.76. The first-order valence-corrected chi connectivity index (χ1v) is 7.05. The molecule has 0 aliphatic heterocycles. The van der Waals surface area contributed by atoms with E-state index in [-0.39, 0.29) is 5.78 Å². The van der Waals surface area contributed by atoms with Crippen LogP contribution in [0.5, 0.6) is 5.75 Å². The van der Waals surface area contributed by atoms with Crippen LogP contribution in [0, 0.1) is 6.92 Å². The zero-order valence-electron chi connectivity index (χ0n) is 12.6. The SMILES string of the molecule is CC[N+](CC)(CCOc1cccc(C)c1)CC(C)=O. The van der Waals surface area contributed by atoms with Crippen LogP contribution in [0.4, 0.5) is 0 Å². The minimum absolute atomic E-state index is 0.249. The number of benzene rings is 1. The van der Waals surface area contributed by atoms with Gasteiger partial charge in [-0.05, 0) is 38.5 Å². The Hall–Kier alpha value is -1.35. The molecule has 0 aliphatic carbocycles. The van der Waals surface area contributed by atoms with Crippen molar-refractivity contribution in [1.82, 2.24) is 0 Å². The number of carbonyl (C=O) groups is 1. The van der Waals surface area contributed by atoms with Gasteiger partial charge in [0.05, 0.1) is 13.1 Å². The summed E-state index contributed by atoms with van der Waals surface area (Å²) in [5.74, 6) is 1.16. The van der Waals surface area contributed by atoms with Crippen molar-refractivity contribution in [2.75, 3.05) is 32.8 Å². The third kappa shape index (κ3) is 5.03.